The van der Waals surface area contributed by atoms with Crippen LogP contribution in [0.2, 0.25) is 0 Å². The summed E-state index contributed by atoms with van der Waals surface area (Å²) in [4.78, 5) is 17.2. The van der Waals surface area contributed by atoms with Crippen LogP contribution < -0.4 is 10.1 Å². The van der Waals surface area contributed by atoms with Gasteiger partial charge in [0.15, 0.2) is 11.4 Å². The molecule has 3 rings (SSSR count). The quantitative estimate of drug-likeness (QED) is 0.776. The summed E-state index contributed by atoms with van der Waals surface area (Å²) in [7, 11) is 0. The van der Waals surface area contributed by atoms with Crippen LogP contribution >= 0.6 is 0 Å². The first kappa shape index (κ1) is 16.1. The molecule has 0 radical (unpaired) electrons. The lowest BCUT2D eigenvalue weighted by Crippen LogP contribution is -2.15. The third-order valence-electron chi connectivity index (χ3n) is 3.92. The summed E-state index contributed by atoms with van der Waals surface area (Å²) >= 11 is 0. The monoisotopic (exact) mass is 323 g/mol. The number of hydrogen-bond donors (Lipinski definition) is 1. The molecule has 5 heteroatoms. The van der Waals surface area contributed by atoms with Crippen molar-refractivity contribution in [3.05, 3.63) is 59.5 Å². The Morgan fingerprint density at radius 2 is 1.96 bits per heavy atom. The molecule has 2 aromatic heterocycles. The topological polar surface area (TPSA) is 55.6 Å². The highest BCUT2D eigenvalue weighted by Gasteiger charge is 2.18. The summed E-state index contributed by atoms with van der Waals surface area (Å²) in [5, 5.41) is 2.94. The average molecular weight is 323 g/mol. The summed E-state index contributed by atoms with van der Waals surface area (Å²) in [6, 6.07) is 11.6. The molecule has 3 aromatic rings. The minimum Gasteiger partial charge on any atom is -0.490 e. The standard InChI is InChI=1S/C19H21N3O2/c1-4-14-8-10-15(11-9-14)21-19(23)17-13(3)20-18-16(24-5-2)7-6-12-22(17)18/h6-12H,4-5H2,1-3H3,(H,21,23). The van der Waals surface area contributed by atoms with Gasteiger partial charge in [0.25, 0.3) is 5.91 Å². The zero-order valence-electron chi connectivity index (χ0n) is 14.2. The van der Waals surface area contributed by atoms with Crippen molar-refractivity contribution in [1.29, 1.82) is 0 Å². The summed E-state index contributed by atoms with van der Waals surface area (Å²) in [5.41, 5.74) is 3.85. The van der Waals surface area contributed by atoms with E-state index in [1.54, 1.807) is 4.40 Å². The summed E-state index contributed by atoms with van der Waals surface area (Å²) < 4.78 is 7.37. The van der Waals surface area contributed by atoms with Crippen molar-refractivity contribution < 1.29 is 9.53 Å². The molecule has 0 unspecified atom stereocenters. The van der Waals surface area contributed by atoms with Gasteiger partial charge in [-0.15, -0.1) is 0 Å². The van der Waals surface area contributed by atoms with Crippen LogP contribution in [0.3, 0.4) is 0 Å². The molecule has 5 nitrogen and oxygen atoms in total. The van der Waals surface area contributed by atoms with Crippen LogP contribution in [-0.2, 0) is 6.42 Å². The maximum absolute atomic E-state index is 12.7. The predicted molar refractivity (Wildman–Crippen MR) is 94.9 cm³/mol. The van der Waals surface area contributed by atoms with E-state index < -0.39 is 0 Å². The van der Waals surface area contributed by atoms with Gasteiger partial charge in [0.2, 0.25) is 0 Å². The Bertz CT molecular complexity index is 866. The zero-order chi connectivity index (χ0) is 17.1. The number of aromatic nitrogens is 2. The van der Waals surface area contributed by atoms with E-state index in [2.05, 4.69) is 17.2 Å². The van der Waals surface area contributed by atoms with E-state index in [1.165, 1.54) is 5.56 Å². The number of carbonyl (C=O) groups is 1. The first-order chi connectivity index (χ1) is 11.6. The number of anilines is 1. The highest BCUT2D eigenvalue weighted by molar-refractivity contribution is 6.04. The number of fused-ring (bicyclic) bond motifs is 1. The van der Waals surface area contributed by atoms with Gasteiger partial charge in [-0.25, -0.2) is 4.98 Å². The lowest BCUT2D eigenvalue weighted by molar-refractivity contribution is 0.102. The molecular formula is C19H21N3O2. The van der Waals surface area contributed by atoms with Crippen molar-refractivity contribution in [2.75, 3.05) is 11.9 Å². The van der Waals surface area contributed by atoms with Crippen molar-refractivity contribution in [2.24, 2.45) is 0 Å². The third-order valence-corrected chi connectivity index (χ3v) is 3.92. The van der Waals surface area contributed by atoms with Gasteiger partial charge in [-0.3, -0.25) is 9.20 Å². The molecule has 1 aromatic carbocycles. The minimum atomic E-state index is -0.183. The number of hydrogen-bond acceptors (Lipinski definition) is 3. The van der Waals surface area contributed by atoms with E-state index in [9.17, 15) is 4.79 Å². The smallest absolute Gasteiger partial charge is 0.274 e. The van der Waals surface area contributed by atoms with Crippen molar-refractivity contribution >= 4 is 17.2 Å². The molecule has 1 N–H and O–H groups in total. The lowest BCUT2D eigenvalue weighted by atomic mass is 10.1. The number of nitrogens with zero attached hydrogens (tertiary/aromatic N) is 2. The number of imidazole rings is 1. The first-order valence-electron chi connectivity index (χ1n) is 8.14. The van der Waals surface area contributed by atoms with Gasteiger partial charge in [-0.2, -0.15) is 0 Å². The van der Waals surface area contributed by atoms with Gasteiger partial charge in [0.1, 0.15) is 5.69 Å². The maximum atomic E-state index is 12.7. The molecule has 0 atom stereocenters. The van der Waals surface area contributed by atoms with Gasteiger partial charge in [0, 0.05) is 11.9 Å². The van der Waals surface area contributed by atoms with Crippen molar-refractivity contribution in [1.82, 2.24) is 9.38 Å². The van der Waals surface area contributed by atoms with Crippen LogP contribution in [0.25, 0.3) is 5.65 Å². The average Bonchev–Trinajstić information content (AvgIpc) is 2.93. The molecule has 24 heavy (non-hydrogen) atoms. The van der Waals surface area contributed by atoms with Gasteiger partial charge in [0.05, 0.1) is 12.3 Å². The fraction of sp³-hybridized carbons (Fsp3) is 0.263. The van der Waals surface area contributed by atoms with Crippen LogP contribution in [0.4, 0.5) is 5.69 Å². The lowest BCUT2D eigenvalue weighted by Gasteiger charge is -2.08. The molecule has 0 saturated heterocycles. The molecule has 0 bridgehead atoms. The largest absolute Gasteiger partial charge is 0.490 e. The predicted octanol–water partition coefficient (Wildman–Crippen LogP) is 3.86. The number of nitrogens with one attached hydrogen (secondary N) is 1. The fourth-order valence-corrected chi connectivity index (χ4v) is 2.71. The van der Waals surface area contributed by atoms with Crippen LogP contribution in [0, 0.1) is 6.92 Å². The van der Waals surface area contributed by atoms with E-state index >= 15 is 0 Å². The number of ether oxygens (including phenoxy) is 1. The molecule has 0 aliphatic heterocycles. The van der Waals surface area contributed by atoms with E-state index in [-0.39, 0.29) is 5.91 Å². The first-order valence-corrected chi connectivity index (χ1v) is 8.14. The molecule has 0 saturated carbocycles. The highest BCUT2D eigenvalue weighted by atomic mass is 16.5. The van der Waals surface area contributed by atoms with Crippen LogP contribution in [-0.4, -0.2) is 21.9 Å². The van der Waals surface area contributed by atoms with E-state index in [0.717, 1.165) is 12.1 Å². The Kier molecular flexibility index (Phi) is 4.51. The van der Waals surface area contributed by atoms with E-state index in [0.29, 0.717) is 29.4 Å². The van der Waals surface area contributed by atoms with E-state index in [1.807, 2.05) is 56.4 Å². The molecule has 0 spiro atoms. The minimum absolute atomic E-state index is 0.183. The summed E-state index contributed by atoms with van der Waals surface area (Å²) in [6.45, 7) is 6.41. The Balaban J connectivity index is 1.94. The van der Waals surface area contributed by atoms with Crippen molar-refractivity contribution in [3.63, 3.8) is 0 Å². The normalized spacial score (nSPS) is 10.8. The molecular weight excluding hydrogens is 302 g/mol. The fourth-order valence-electron chi connectivity index (χ4n) is 2.71. The van der Waals surface area contributed by atoms with E-state index in [4.69, 9.17) is 4.74 Å². The zero-order valence-corrected chi connectivity index (χ0v) is 14.2. The van der Waals surface area contributed by atoms with Gasteiger partial charge in [-0.1, -0.05) is 19.1 Å². The Hall–Kier alpha value is -2.82. The van der Waals surface area contributed by atoms with Crippen molar-refractivity contribution in [2.45, 2.75) is 27.2 Å². The second-order valence-corrected chi connectivity index (χ2v) is 5.55. The molecule has 0 fully saturated rings. The second-order valence-electron chi connectivity index (χ2n) is 5.55. The molecule has 0 aliphatic rings. The number of rotatable bonds is 5. The van der Waals surface area contributed by atoms with Crippen molar-refractivity contribution in [3.8, 4) is 5.75 Å². The van der Waals surface area contributed by atoms with Gasteiger partial charge in [-0.05, 0) is 50.1 Å². The summed E-state index contributed by atoms with van der Waals surface area (Å²) in [6.07, 6.45) is 2.80. The third kappa shape index (κ3) is 2.97. The second kappa shape index (κ2) is 6.74. The number of amides is 1. The molecule has 1 amide bonds. The number of pyridine rings is 1. The Morgan fingerprint density at radius 1 is 1.21 bits per heavy atom. The van der Waals surface area contributed by atoms with Gasteiger partial charge >= 0.3 is 0 Å². The van der Waals surface area contributed by atoms with Crippen LogP contribution in [0.1, 0.15) is 35.6 Å². The Labute approximate surface area is 141 Å². The number of carbonyl (C=O) groups excluding carboxylic acids is 1. The highest BCUT2D eigenvalue weighted by Crippen LogP contribution is 2.23. The Morgan fingerprint density at radius 3 is 2.62 bits per heavy atom. The SMILES string of the molecule is CCOc1cccn2c(C(=O)Nc3ccc(CC)cc3)c(C)nc12. The molecule has 0 aliphatic carbocycles. The number of benzene rings is 1. The van der Waals surface area contributed by atoms with Crippen LogP contribution in [0.5, 0.6) is 5.75 Å². The molecule has 124 valence electrons. The number of aryl methyl sites for hydroxylation is 2. The summed E-state index contributed by atoms with van der Waals surface area (Å²) in [5.74, 6) is 0.493. The maximum Gasteiger partial charge on any atom is 0.274 e. The van der Waals surface area contributed by atoms with Gasteiger partial charge < -0.3 is 10.1 Å². The molecule has 2 heterocycles. The van der Waals surface area contributed by atoms with Crippen LogP contribution in [0.15, 0.2) is 42.6 Å².